The highest BCUT2D eigenvalue weighted by molar-refractivity contribution is 5.95. The van der Waals surface area contributed by atoms with Crippen LogP contribution in [0.25, 0.3) is 0 Å². The number of hydrogen-bond donors (Lipinski definition) is 2. The molecule has 4 rings (SSSR count). The first kappa shape index (κ1) is 23.6. The number of amides is 2. The minimum atomic E-state index is -0.619. The van der Waals surface area contributed by atoms with E-state index >= 15 is 0 Å². The second-order valence-electron chi connectivity index (χ2n) is 8.52. The molecular weight excluding hydrogens is 432 g/mol. The summed E-state index contributed by atoms with van der Waals surface area (Å²) in [6.45, 7) is 7.97. The predicted molar refractivity (Wildman–Crippen MR) is 131 cm³/mol. The van der Waals surface area contributed by atoms with Gasteiger partial charge in [-0.3, -0.25) is 4.90 Å². The molecule has 0 saturated carbocycles. The maximum absolute atomic E-state index is 13.0. The maximum atomic E-state index is 13.0. The largest absolute Gasteiger partial charge is 0.497 e. The molecule has 8 nitrogen and oxygen atoms in total. The van der Waals surface area contributed by atoms with Crippen molar-refractivity contribution < 1.29 is 19.1 Å². The Morgan fingerprint density at radius 2 is 1.85 bits per heavy atom. The number of hydrogen-bond acceptors (Lipinski definition) is 6. The number of ether oxygens (including phenoxy) is 2. The number of urea groups is 1. The molecule has 0 bridgehead atoms. The van der Waals surface area contributed by atoms with Crippen molar-refractivity contribution in [1.82, 2.24) is 15.5 Å². The summed E-state index contributed by atoms with van der Waals surface area (Å²) in [4.78, 5) is 30.2. The second kappa shape index (κ2) is 10.6. The molecule has 180 valence electrons. The van der Waals surface area contributed by atoms with Crippen LogP contribution in [0.4, 0.5) is 10.5 Å². The van der Waals surface area contributed by atoms with Gasteiger partial charge in [0.2, 0.25) is 0 Å². The molecule has 1 fully saturated rings. The van der Waals surface area contributed by atoms with Gasteiger partial charge in [0.1, 0.15) is 5.75 Å². The van der Waals surface area contributed by atoms with Crippen molar-refractivity contribution in [2.45, 2.75) is 19.9 Å². The summed E-state index contributed by atoms with van der Waals surface area (Å²) < 4.78 is 10.7. The number of nitrogens with one attached hydrogen (secondary N) is 2. The van der Waals surface area contributed by atoms with E-state index in [0.29, 0.717) is 23.6 Å². The molecule has 0 unspecified atom stereocenters. The third-order valence-corrected chi connectivity index (χ3v) is 6.20. The van der Waals surface area contributed by atoms with Crippen LogP contribution < -0.4 is 20.3 Å². The highest BCUT2D eigenvalue weighted by Gasteiger charge is 2.35. The molecule has 2 aliphatic rings. The number of aryl methyl sites for hydroxylation is 1. The van der Waals surface area contributed by atoms with Gasteiger partial charge in [0.25, 0.3) is 0 Å². The Balaban J connectivity index is 1.57. The molecule has 0 spiro atoms. The first-order valence-corrected chi connectivity index (χ1v) is 11.6. The van der Waals surface area contributed by atoms with E-state index < -0.39 is 12.0 Å². The van der Waals surface area contributed by atoms with Crippen LogP contribution in [-0.4, -0.2) is 63.3 Å². The summed E-state index contributed by atoms with van der Waals surface area (Å²) >= 11 is 0. The SMILES string of the molecule is CCOC(=O)C1=C(CN2CCN(c3cccc(C)c3)CC2)NC(=O)N[C@H]1c1cccc(OC)c1. The Hall–Kier alpha value is -3.52. The fourth-order valence-corrected chi connectivity index (χ4v) is 4.48. The minimum absolute atomic E-state index is 0.254. The second-order valence-corrected chi connectivity index (χ2v) is 8.52. The molecule has 2 aromatic carbocycles. The van der Waals surface area contributed by atoms with Crippen molar-refractivity contribution in [3.63, 3.8) is 0 Å². The number of benzene rings is 2. The molecule has 2 N–H and O–H groups in total. The number of piperazine rings is 1. The third-order valence-electron chi connectivity index (χ3n) is 6.20. The molecule has 34 heavy (non-hydrogen) atoms. The number of methoxy groups -OCH3 is 1. The summed E-state index contributed by atoms with van der Waals surface area (Å²) in [7, 11) is 1.59. The van der Waals surface area contributed by atoms with Crippen LogP contribution in [0.3, 0.4) is 0 Å². The van der Waals surface area contributed by atoms with Gasteiger partial charge < -0.3 is 25.0 Å². The average Bonchev–Trinajstić information content (AvgIpc) is 2.84. The number of rotatable bonds is 7. The fourth-order valence-electron chi connectivity index (χ4n) is 4.48. The quantitative estimate of drug-likeness (QED) is 0.613. The van der Waals surface area contributed by atoms with E-state index in [4.69, 9.17) is 9.47 Å². The normalized spacial score (nSPS) is 18.9. The minimum Gasteiger partial charge on any atom is -0.497 e. The van der Waals surface area contributed by atoms with E-state index in [2.05, 4.69) is 51.6 Å². The molecule has 0 aliphatic carbocycles. The molecule has 0 aromatic heterocycles. The monoisotopic (exact) mass is 464 g/mol. The van der Waals surface area contributed by atoms with Gasteiger partial charge in [-0.05, 0) is 49.2 Å². The molecule has 0 radical (unpaired) electrons. The molecule has 1 atom stereocenters. The topological polar surface area (TPSA) is 83.1 Å². The van der Waals surface area contributed by atoms with Gasteiger partial charge in [0, 0.05) is 44.1 Å². The first-order valence-electron chi connectivity index (χ1n) is 11.6. The van der Waals surface area contributed by atoms with Gasteiger partial charge in [-0.1, -0.05) is 24.3 Å². The lowest BCUT2D eigenvalue weighted by atomic mass is 9.94. The zero-order valence-corrected chi connectivity index (χ0v) is 20.0. The predicted octanol–water partition coefficient (Wildman–Crippen LogP) is 3.00. The molecule has 2 aromatic rings. The Morgan fingerprint density at radius 1 is 1.09 bits per heavy atom. The van der Waals surface area contributed by atoms with Crippen LogP contribution in [0, 0.1) is 6.92 Å². The molecule has 8 heteroatoms. The lowest BCUT2D eigenvalue weighted by Crippen LogP contribution is -2.51. The summed E-state index contributed by atoms with van der Waals surface area (Å²) in [5.74, 6) is 0.221. The fraction of sp³-hybridized carbons (Fsp3) is 0.385. The van der Waals surface area contributed by atoms with Crippen LogP contribution in [-0.2, 0) is 9.53 Å². The number of nitrogens with zero attached hydrogens (tertiary/aromatic N) is 2. The van der Waals surface area contributed by atoms with Crippen molar-refractivity contribution in [3.8, 4) is 5.75 Å². The average molecular weight is 465 g/mol. The summed E-state index contributed by atoms with van der Waals surface area (Å²) in [5.41, 5.74) is 4.23. The van der Waals surface area contributed by atoms with Crippen LogP contribution in [0.2, 0.25) is 0 Å². The highest BCUT2D eigenvalue weighted by Crippen LogP contribution is 2.30. The van der Waals surface area contributed by atoms with Crippen molar-refractivity contribution >= 4 is 17.7 Å². The zero-order chi connectivity index (χ0) is 24.1. The Bertz CT molecular complexity index is 1080. The Morgan fingerprint density at radius 3 is 2.56 bits per heavy atom. The van der Waals surface area contributed by atoms with Gasteiger partial charge in [-0.2, -0.15) is 0 Å². The number of carbonyl (C=O) groups is 2. The van der Waals surface area contributed by atoms with Gasteiger partial charge in [-0.15, -0.1) is 0 Å². The van der Waals surface area contributed by atoms with E-state index in [-0.39, 0.29) is 12.6 Å². The van der Waals surface area contributed by atoms with Gasteiger partial charge in [0.05, 0.1) is 25.3 Å². The molecule has 2 aliphatic heterocycles. The highest BCUT2D eigenvalue weighted by atomic mass is 16.5. The molecule has 2 heterocycles. The first-order chi connectivity index (χ1) is 16.5. The standard InChI is InChI=1S/C26H32N4O4/c1-4-34-25(31)23-22(27-26(32)28-24(23)19-8-6-10-21(16-19)33-3)17-29-11-13-30(14-12-29)20-9-5-7-18(2)15-20/h5-10,15-16,24H,4,11-14,17H2,1-3H3,(H2,27,28,32)/t24-/m0/s1. The maximum Gasteiger partial charge on any atom is 0.338 e. The third kappa shape index (κ3) is 5.34. The summed E-state index contributed by atoms with van der Waals surface area (Å²) in [6, 6.07) is 14.9. The van der Waals surface area contributed by atoms with Gasteiger partial charge >= 0.3 is 12.0 Å². The van der Waals surface area contributed by atoms with E-state index in [1.54, 1.807) is 14.0 Å². The molecular formula is C26H32N4O4. The van der Waals surface area contributed by atoms with Crippen LogP contribution in [0.15, 0.2) is 59.8 Å². The van der Waals surface area contributed by atoms with Crippen LogP contribution in [0.5, 0.6) is 5.75 Å². The lowest BCUT2D eigenvalue weighted by molar-refractivity contribution is -0.139. The number of carbonyl (C=O) groups excluding carboxylic acids is 2. The lowest BCUT2D eigenvalue weighted by Gasteiger charge is -2.38. The van der Waals surface area contributed by atoms with Crippen molar-refractivity contribution in [2.75, 3.05) is 51.3 Å². The zero-order valence-electron chi connectivity index (χ0n) is 20.0. The number of anilines is 1. The van der Waals surface area contributed by atoms with Crippen molar-refractivity contribution in [3.05, 3.63) is 70.9 Å². The molecule has 1 saturated heterocycles. The van der Waals surface area contributed by atoms with Crippen LogP contribution in [0.1, 0.15) is 24.1 Å². The number of esters is 1. The van der Waals surface area contributed by atoms with E-state index in [0.717, 1.165) is 31.7 Å². The smallest absolute Gasteiger partial charge is 0.338 e. The van der Waals surface area contributed by atoms with Gasteiger partial charge in [0.15, 0.2) is 0 Å². The summed E-state index contributed by atoms with van der Waals surface area (Å²) in [6.07, 6.45) is 0. The summed E-state index contributed by atoms with van der Waals surface area (Å²) in [5, 5.41) is 5.76. The van der Waals surface area contributed by atoms with Crippen molar-refractivity contribution in [2.24, 2.45) is 0 Å². The molecule has 2 amide bonds. The van der Waals surface area contributed by atoms with E-state index in [9.17, 15) is 9.59 Å². The van der Waals surface area contributed by atoms with Gasteiger partial charge in [-0.25, -0.2) is 9.59 Å². The Kier molecular flexibility index (Phi) is 7.37. The Labute approximate surface area is 200 Å². The van der Waals surface area contributed by atoms with E-state index in [1.165, 1.54) is 11.3 Å². The van der Waals surface area contributed by atoms with E-state index in [1.807, 2.05) is 24.3 Å². The van der Waals surface area contributed by atoms with Crippen LogP contribution >= 0.6 is 0 Å². The van der Waals surface area contributed by atoms with Crippen molar-refractivity contribution in [1.29, 1.82) is 0 Å².